The van der Waals surface area contributed by atoms with Crippen molar-refractivity contribution in [2.75, 3.05) is 18.9 Å². The maximum Gasteiger partial charge on any atom is 0.355 e. The van der Waals surface area contributed by atoms with Crippen molar-refractivity contribution in [3.63, 3.8) is 0 Å². The molecule has 0 aliphatic heterocycles. The first-order valence-corrected chi connectivity index (χ1v) is 6.83. The Balaban J connectivity index is 1.79. The van der Waals surface area contributed by atoms with Gasteiger partial charge < -0.3 is 19.8 Å². The zero-order valence-electron chi connectivity index (χ0n) is 11.0. The first-order chi connectivity index (χ1) is 9.56. The SMILES string of the molecule is Cn1cc(N)cc1C(=O)OCCOc1cccc(Br)c1. The van der Waals surface area contributed by atoms with Crippen molar-refractivity contribution in [3.05, 3.63) is 46.7 Å². The number of carbonyl (C=O) groups excluding carboxylic acids is 1. The van der Waals surface area contributed by atoms with Crippen molar-refractivity contribution in [1.29, 1.82) is 0 Å². The smallest absolute Gasteiger partial charge is 0.355 e. The van der Waals surface area contributed by atoms with E-state index >= 15 is 0 Å². The minimum absolute atomic E-state index is 0.177. The summed E-state index contributed by atoms with van der Waals surface area (Å²) < 4.78 is 13.2. The van der Waals surface area contributed by atoms with Crippen molar-refractivity contribution in [1.82, 2.24) is 4.57 Å². The highest BCUT2D eigenvalue weighted by Gasteiger charge is 2.12. The lowest BCUT2D eigenvalue weighted by Gasteiger charge is -2.08. The van der Waals surface area contributed by atoms with Crippen LogP contribution < -0.4 is 10.5 Å². The summed E-state index contributed by atoms with van der Waals surface area (Å²) in [4.78, 5) is 11.8. The molecule has 6 heteroatoms. The Morgan fingerprint density at radius 3 is 2.80 bits per heavy atom. The van der Waals surface area contributed by atoms with Crippen molar-refractivity contribution >= 4 is 27.6 Å². The van der Waals surface area contributed by atoms with Gasteiger partial charge in [-0.2, -0.15) is 0 Å². The van der Waals surface area contributed by atoms with Crippen LogP contribution in [0.4, 0.5) is 5.69 Å². The number of hydrogen-bond donors (Lipinski definition) is 1. The molecular weight excluding hydrogens is 324 g/mol. The number of ether oxygens (including phenoxy) is 2. The number of nitrogens with two attached hydrogens (primary N) is 1. The van der Waals surface area contributed by atoms with Gasteiger partial charge in [0, 0.05) is 17.7 Å². The van der Waals surface area contributed by atoms with E-state index < -0.39 is 5.97 Å². The number of carbonyl (C=O) groups is 1. The number of esters is 1. The van der Waals surface area contributed by atoms with E-state index in [1.807, 2.05) is 24.3 Å². The third kappa shape index (κ3) is 3.77. The topological polar surface area (TPSA) is 66.5 Å². The quantitative estimate of drug-likeness (QED) is 0.672. The Hall–Kier alpha value is -1.95. The van der Waals surface area contributed by atoms with E-state index in [1.54, 1.807) is 23.9 Å². The van der Waals surface area contributed by atoms with E-state index in [-0.39, 0.29) is 6.61 Å². The molecule has 0 fully saturated rings. The molecule has 1 heterocycles. The summed E-state index contributed by atoms with van der Waals surface area (Å²) in [6, 6.07) is 9.05. The molecule has 0 aliphatic rings. The van der Waals surface area contributed by atoms with E-state index in [2.05, 4.69) is 15.9 Å². The Labute approximate surface area is 125 Å². The van der Waals surface area contributed by atoms with Gasteiger partial charge in [-0.25, -0.2) is 4.79 Å². The summed E-state index contributed by atoms with van der Waals surface area (Å²) in [6.07, 6.45) is 1.66. The van der Waals surface area contributed by atoms with Crippen LogP contribution in [0.2, 0.25) is 0 Å². The number of aryl methyl sites for hydroxylation is 1. The average molecular weight is 339 g/mol. The van der Waals surface area contributed by atoms with E-state index in [0.29, 0.717) is 18.0 Å². The highest BCUT2D eigenvalue weighted by Crippen LogP contribution is 2.17. The average Bonchev–Trinajstić information content (AvgIpc) is 2.74. The van der Waals surface area contributed by atoms with Crippen molar-refractivity contribution < 1.29 is 14.3 Å². The fraction of sp³-hybridized carbons (Fsp3) is 0.214. The number of nitrogens with zero attached hydrogens (tertiary/aromatic N) is 1. The molecule has 0 spiro atoms. The number of halogens is 1. The van der Waals surface area contributed by atoms with Gasteiger partial charge in [0.1, 0.15) is 24.7 Å². The summed E-state index contributed by atoms with van der Waals surface area (Å²) in [5, 5.41) is 0. The second-order valence-corrected chi connectivity index (χ2v) is 5.13. The molecule has 0 atom stereocenters. The molecule has 0 radical (unpaired) electrons. The van der Waals surface area contributed by atoms with Crippen LogP contribution in [-0.4, -0.2) is 23.8 Å². The monoisotopic (exact) mass is 338 g/mol. The fourth-order valence-electron chi connectivity index (χ4n) is 1.72. The molecule has 1 aromatic heterocycles. The van der Waals surface area contributed by atoms with Gasteiger partial charge in [-0.05, 0) is 24.3 Å². The molecule has 5 nitrogen and oxygen atoms in total. The number of benzene rings is 1. The van der Waals surface area contributed by atoms with Gasteiger partial charge in [0.05, 0.1) is 5.69 Å². The molecule has 0 amide bonds. The zero-order valence-corrected chi connectivity index (χ0v) is 12.6. The summed E-state index contributed by atoms with van der Waals surface area (Å²) in [6.45, 7) is 0.471. The number of hydrogen-bond acceptors (Lipinski definition) is 4. The molecular formula is C14H15BrN2O3. The largest absolute Gasteiger partial charge is 0.490 e. The highest BCUT2D eigenvalue weighted by atomic mass is 79.9. The predicted octanol–water partition coefficient (Wildman–Crippen LogP) is 2.61. The Morgan fingerprint density at radius 2 is 2.15 bits per heavy atom. The lowest BCUT2D eigenvalue weighted by atomic mass is 10.3. The molecule has 1 aromatic carbocycles. The molecule has 0 aliphatic carbocycles. The number of rotatable bonds is 5. The van der Waals surface area contributed by atoms with E-state index in [0.717, 1.165) is 10.2 Å². The van der Waals surface area contributed by atoms with Gasteiger partial charge in [0.25, 0.3) is 0 Å². The van der Waals surface area contributed by atoms with Gasteiger partial charge in [0.2, 0.25) is 0 Å². The lowest BCUT2D eigenvalue weighted by Crippen LogP contribution is -2.14. The lowest BCUT2D eigenvalue weighted by molar-refractivity contribution is 0.0439. The molecule has 106 valence electrons. The number of nitrogen functional groups attached to an aromatic ring is 1. The normalized spacial score (nSPS) is 10.3. The predicted molar refractivity (Wildman–Crippen MR) is 79.7 cm³/mol. The van der Waals surface area contributed by atoms with E-state index in [1.165, 1.54) is 0 Å². The Bertz CT molecular complexity index is 610. The number of anilines is 1. The first-order valence-electron chi connectivity index (χ1n) is 6.03. The summed E-state index contributed by atoms with van der Waals surface area (Å²) in [5.41, 5.74) is 6.56. The van der Waals surface area contributed by atoms with Gasteiger partial charge in [-0.15, -0.1) is 0 Å². The summed E-state index contributed by atoms with van der Waals surface area (Å²) >= 11 is 3.36. The van der Waals surface area contributed by atoms with Crippen molar-refractivity contribution in [2.45, 2.75) is 0 Å². The van der Waals surface area contributed by atoms with Gasteiger partial charge in [-0.3, -0.25) is 0 Å². The van der Waals surface area contributed by atoms with Crippen LogP contribution in [0.25, 0.3) is 0 Å². The molecule has 0 unspecified atom stereocenters. The van der Waals surface area contributed by atoms with Crippen LogP contribution in [-0.2, 0) is 11.8 Å². The maximum absolute atomic E-state index is 11.8. The third-order valence-corrected chi connectivity index (χ3v) is 3.11. The molecule has 2 rings (SSSR count). The van der Waals surface area contributed by atoms with Crippen LogP contribution >= 0.6 is 15.9 Å². The Morgan fingerprint density at radius 1 is 1.35 bits per heavy atom. The van der Waals surface area contributed by atoms with Crippen LogP contribution in [0.15, 0.2) is 41.0 Å². The minimum atomic E-state index is -0.415. The van der Waals surface area contributed by atoms with Crippen LogP contribution in [0.5, 0.6) is 5.75 Å². The zero-order chi connectivity index (χ0) is 14.5. The van der Waals surface area contributed by atoms with E-state index in [9.17, 15) is 4.79 Å². The van der Waals surface area contributed by atoms with E-state index in [4.69, 9.17) is 15.2 Å². The summed E-state index contributed by atoms with van der Waals surface area (Å²) in [5.74, 6) is 0.306. The van der Waals surface area contributed by atoms with Crippen molar-refractivity contribution in [3.8, 4) is 5.75 Å². The molecule has 0 bridgehead atoms. The van der Waals surface area contributed by atoms with Crippen LogP contribution in [0.1, 0.15) is 10.5 Å². The second-order valence-electron chi connectivity index (χ2n) is 4.21. The second kappa shape index (κ2) is 6.47. The third-order valence-electron chi connectivity index (χ3n) is 2.62. The molecule has 0 saturated heterocycles. The number of aromatic nitrogens is 1. The highest BCUT2D eigenvalue weighted by molar-refractivity contribution is 9.10. The van der Waals surface area contributed by atoms with Gasteiger partial charge in [0.15, 0.2) is 0 Å². The standard InChI is InChI=1S/C14H15BrN2O3/c1-17-9-11(16)8-13(17)14(18)20-6-5-19-12-4-2-3-10(15)7-12/h2-4,7-9H,5-6,16H2,1H3. The fourth-order valence-corrected chi connectivity index (χ4v) is 2.10. The molecule has 0 saturated carbocycles. The Kier molecular flexibility index (Phi) is 4.68. The van der Waals surface area contributed by atoms with Crippen LogP contribution in [0.3, 0.4) is 0 Å². The van der Waals surface area contributed by atoms with Crippen molar-refractivity contribution in [2.24, 2.45) is 7.05 Å². The minimum Gasteiger partial charge on any atom is -0.490 e. The molecule has 20 heavy (non-hydrogen) atoms. The van der Waals surface area contributed by atoms with Gasteiger partial charge in [-0.1, -0.05) is 22.0 Å². The molecule has 2 aromatic rings. The maximum atomic E-state index is 11.8. The first kappa shape index (κ1) is 14.5. The van der Waals surface area contributed by atoms with Crippen LogP contribution in [0, 0.1) is 0 Å². The molecule has 2 N–H and O–H groups in total. The summed E-state index contributed by atoms with van der Waals surface area (Å²) in [7, 11) is 1.74. The van der Waals surface area contributed by atoms with Gasteiger partial charge >= 0.3 is 5.97 Å².